The topological polar surface area (TPSA) is 51.2 Å². The Morgan fingerprint density at radius 2 is 1.95 bits per heavy atom. The molecule has 0 radical (unpaired) electrons. The van der Waals surface area contributed by atoms with Gasteiger partial charge in [0, 0.05) is 10.9 Å². The number of ether oxygens (including phenoxy) is 1. The van der Waals surface area contributed by atoms with E-state index < -0.39 is 0 Å². The van der Waals surface area contributed by atoms with Crippen molar-refractivity contribution >= 4 is 16.8 Å². The first-order valence-corrected chi connectivity index (χ1v) is 6.16. The van der Waals surface area contributed by atoms with Crippen molar-refractivity contribution in [3.05, 3.63) is 36.0 Å². The van der Waals surface area contributed by atoms with Crippen LogP contribution in [0.5, 0.6) is 5.75 Å². The molecule has 0 spiro atoms. The summed E-state index contributed by atoms with van der Waals surface area (Å²) in [6, 6.07) is 9.18. The molecule has 19 heavy (non-hydrogen) atoms. The summed E-state index contributed by atoms with van der Waals surface area (Å²) in [7, 11) is 1.62. The Balaban J connectivity index is 2.34. The Kier molecular flexibility index (Phi) is 3.42. The Hall–Kier alpha value is -2.10. The third-order valence-electron chi connectivity index (χ3n) is 2.62. The van der Waals surface area contributed by atoms with Gasteiger partial charge in [-0.1, -0.05) is 6.07 Å². The van der Waals surface area contributed by atoms with Crippen molar-refractivity contribution in [3.63, 3.8) is 0 Å². The van der Waals surface area contributed by atoms with Crippen LogP contribution in [0.15, 0.2) is 30.3 Å². The Bertz CT molecular complexity index is 615. The molecule has 0 fully saturated rings. The number of amides is 1. The maximum atomic E-state index is 12.0. The largest absolute Gasteiger partial charge is 0.497 e. The number of rotatable bonds is 2. The molecule has 1 heterocycles. The molecule has 0 saturated heterocycles. The van der Waals surface area contributed by atoms with Gasteiger partial charge in [-0.2, -0.15) is 0 Å². The van der Waals surface area contributed by atoms with Crippen molar-refractivity contribution in [2.24, 2.45) is 0 Å². The predicted octanol–water partition coefficient (Wildman–Crippen LogP) is 2.77. The summed E-state index contributed by atoms with van der Waals surface area (Å²) in [5.41, 5.74) is 0.933. The number of nitrogens with zero attached hydrogens (tertiary/aromatic N) is 1. The van der Waals surface area contributed by atoms with Gasteiger partial charge in [0.2, 0.25) is 0 Å². The predicted molar refractivity (Wildman–Crippen MR) is 75.5 cm³/mol. The number of methoxy groups -OCH3 is 1. The van der Waals surface area contributed by atoms with Gasteiger partial charge < -0.3 is 10.1 Å². The fraction of sp³-hybridized carbons (Fsp3) is 0.333. The molecule has 2 aromatic rings. The number of carbonyl (C=O) groups is 1. The van der Waals surface area contributed by atoms with E-state index in [-0.39, 0.29) is 11.4 Å². The van der Waals surface area contributed by atoms with Crippen LogP contribution >= 0.6 is 0 Å². The second kappa shape index (κ2) is 4.88. The van der Waals surface area contributed by atoms with E-state index in [1.54, 1.807) is 13.2 Å². The molecule has 4 nitrogen and oxygen atoms in total. The summed E-state index contributed by atoms with van der Waals surface area (Å²) in [6.45, 7) is 5.82. The van der Waals surface area contributed by atoms with E-state index in [9.17, 15) is 4.79 Å². The summed E-state index contributed by atoms with van der Waals surface area (Å²) < 4.78 is 5.16. The lowest BCUT2D eigenvalue weighted by Crippen LogP contribution is -2.40. The average molecular weight is 258 g/mol. The fourth-order valence-electron chi connectivity index (χ4n) is 1.76. The molecule has 0 bridgehead atoms. The first-order chi connectivity index (χ1) is 8.89. The first kappa shape index (κ1) is 13.3. The fourth-order valence-corrected chi connectivity index (χ4v) is 1.76. The zero-order valence-electron chi connectivity index (χ0n) is 11.7. The summed E-state index contributed by atoms with van der Waals surface area (Å²) in [6.07, 6.45) is 0. The monoisotopic (exact) mass is 258 g/mol. The molecular weight excluding hydrogens is 240 g/mol. The minimum absolute atomic E-state index is 0.162. The minimum Gasteiger partial charge on any atom is -0.497 e. The molecule has 1 aromatic heterocycles. The van der Waals surface area contributed by atoms with Gasteiger partial charge in [0.25, 0.3) is 5.91 Å². The molecule has 1 aromatic carbocycles. The zero-order valence-corrected chi connectivity index (χ0v) is 11.7. The van der Waals surface area contributed by atoms with Gasteiger partial charge in [-0.15, -0.1) is 0 Å². The molecule has 100 valence electrons. The third kappa shape index (κ3) is 3.22. The van der Waals surface area contributed by atoms with Crippen LogP contribution in [0.25, 0.3) is 10.9 Å². The molecule has 0 saturated carbocycles. The molecule has 0 aliphatic heterocycles. The zero-order chi connectivity index (χ0) is 14.0. The number of benzene rings is 1. The van der Waals surface area contributed by atoms with Crippen LogP contribution < -0.4 is 10.1 Å². The van der Waals surface area contributed by atoms with Crippen LogP contribution in [0.1, 0.15) is 31.3 Å². The third-order valence-corrected chi connectivity index (χ3v) is 2.62. The lowest BCUT2D eigenvalue weighted by molar-refractivity contribution is 0.0915. The van der Waals surface area contributed by atoms with Crippen LogP contribution in [-0.4, -0.2) is 23.5 Å². The number of hydrogen-bond acceptors (Lipinski definition) is 3. The van der Waals surface area contributed by atoms with E-state index in [0.717, 1.165) is 16.7 Å². The van der Waals surface area contributed by atoms with Gasteiger partial charge >= 0.3 is 0 Å². The number of fused-ring (bicyclic) bond motifs is 1. The SMILES string of the molecule is COc1ccc2nc(C(=O)NC(C)(C)C)ccc2c1. The molecule has 0 aliphatic carbocycles. The molecule has 0 unspecified atom stereocenters. The van der Waals surface area contributed by atoms with E-state index in [2.05, 4.69) is 10.3 Å². The lowest BCUT2D eigenvalue weighted by Gasteiger charge is -2.20. The van der Waals surface area contributed by atoms with E-state index in [0.29, 0.717) is 5.69 Å². The molecular formula is C15H18N2O2. The Morgan fingerprint density at radius 1 is 1.21 bits per heavy atom. The van der Waals surface area contributed by atoms with Gasteiger partial charge in [-0.05, 0) is 45.0 Å². The average Bonchev–Trinajstić information content (AvgIpc) is 2.35. The highest BCUT2D eigenvalue weighted by Crippen LogP contribution is 2.19. The molecule has 1 N–H and O–H groups in total. The van der Waals surface area contributed by atoms with Crippen molar-refractivity contribution in [2.75, 3.05) is 7.11 Å². The Morgan fingerprint density at radius 3 is 2.58 bits per heavy atom. The van der Waals surface area contributed by atoms with Crippen molar-refractivity contribution in [1.82, 2.24) is 10.3 Å². The van der Waals surface area contributed by atoms with Crippen molar-refractivity contribution in [2.45, 2.75) is 26.3 Å². The van der Waals surface area contributed by atoms with Gasteiger partial charge in [0.05, 0.1) is 12.6 Å². The molecule has 2 rings (SSSR count). The van der Waals surface area contributed by atoms with E-state index in [1.165, 1.54) is 0 Å². The number of pyridine rings is 1. The van der Waals surface area contributed by atoms with Crippen LogP contribution in [0.3, 0.4) is 0 Å². The van der Waals surface area contributed by atoms with Gasteiger partial charge in [0.1, 0.15) is 11.4 Å². The highest BCUT2D eigenvalue weighted by atomic mass is 16.5. The first-order valence-electron chi connectivity index (χ1n) is 6.16. The summed E-state index contributed by atoms with van der Waals surface area (Å²) in [5.74, 6) is 0.617. The van der Waals surface area contributed by atoms with Crippen LogP contribution in [-0.2, 0) is 0 Å². The summed E-state index contributed by atoms with van der Waals surface area (Å²) in [5, 5.41) is 3.85. The molecule has 4 heteroatoms. The minimum atomic E-state index is -0.270. The van der Waals surface area contributed by atoms with Crippen LogP contribution in [0, 0.1) is 0 Å². The van der Waals surface area contributed by atoms with Gasteiger partial charge in [0.15, 0.2) is 0 Å². The normalized spacial score (nSPS) is 11.4. The highest BCUT2D eigenvalue weighted by molar-refractivity contribution is 5.95. The maximum Gasteiger partial charge on any atom is 0.270 e. The number of carbonyl (C=O) groups excluding carboxylic acids is 1. The van der Waals surface area contributed by atoms with Crippen molar-refractivity contribution in [3.8, 4) is 5.75 Å². The maximum absolute atomic E-state index is 12.0. The van der Waals surface area contributed by atoms with E-state index in [4.69, 9.17) is 4.74 Å². The summed E-state index contributed by atoms with van der Waals surface area (Å²) >= 11 is 0. The van der Waals surface area contributed by atoms with Gasteiger partial charge in [-0.3, -0.25) is 4.79 Å². The van der Waals surface area contributed by atoms with Crippen LogP contribution in [0.4, 0.5) is 0 Å². The number of aromatic nitrogens is 1. The molecule has 1 amide bonds. The van der Waals surface area contributed by atoms with Gasteiger partial charge in [-0.25, -0.2) is 4.98 Å². The quantitative estimate of drug-likeness (QED) is 0.901. The van der Waals surface area contributed by atoms with Crippen molar-refractivity contribution < 1.29 is 9.53 Å². The van der Waals surface area contributed by atoms with Crippen molar-refractivity contribution in [1.29, 1.82) is 0 Å². The second-order valence-corrected chi connectivity index (χ2v) is 5.46. The number of nitrogens with one attached hydrogen (secondary N) is 1. The number of hydrogen-bond donors (Lipinski definition) is 1. The standard InChI is InChI=1S/C15H18N2O2/c1-15(2,3)17-14(18)13-7-5-10-9-11(19-4)6-8-12(10)16-13/h5-9H,1-4H3,(H,17,18). The molecule has 0 aliphatic rings. The summed E-state index contributed by atoms with van der Waals surface area (Å²) in [4.78, 5) is 16.4. The smallest absolute Gasteiger partial charge is 0.270 e. The highest BCUT2D eigenvalue weighted by Gasteiger charge is 2.16. The second-order valence-electron chi connectivity index (χ2n) is 5.46. The van der Waals surface area contributed by atoms with E-state index >= 15 is 0 Å². The molecule has 0 atom stereocenters. The Labute approximate surface area is 112 Å². The van der Waals surface area contributed by atoms with E-state index in [1.807, 2.05) is 45.0 Å². The lowest BCUT2D eigenvalue weighted by atomic mass is 10.1. The van der Waals surface area contributed by atoms with Crippen LogP contribution in [0.2, 0.25) is 0 Å².